The lowest BCUT2D eigenvalue weighted by molar-refractivity contribution is -0.147. The van der Waals surface area contributed by atoms with Crippen molar-refractivity contribution in [3.63, 3.8) is 0 Å². The smallest absolute Gasteiger partial charge is 0.309 e. The van der Waals surface area contributed by atoms with Crippen LogP contribution in [0.15, 0.2) is 0 Å². The van der Waals surface area contributed by atoms with E-state index in [1.54, 1.807) is 13.8 Å². The highest BCUT2D eigenvalue weighted by atomic mass is 16.4. The third kappa shape index (κ3) is 3.74. The van der Waals surface area contributed by atoms with Crippen molar-refractivity contribution in [2.45, 2.75) is 47.0 Å². The topological polar surface area (TPSA) is 37.3 Å². The molecule has 0 heterocycles. The zero-order chi connectivity index (χ0) is 9.78. The first-order valence-electron chi connectivity index (χ1n) is 4.63. The molecule has 2 heteroatoms. The van der Waals surface area contributed by atoms with Crippen LogP contribution < -0.4 is 0 Å². The van der Waals surface area contributed by atoms with E-state index in [9.17, 15) is 4.79 Å². The molecule has 0 fully saturated rings. The minimum atomic E-state index is -0.689. The van der Waals surface area contributed by atoms with Gasteiger partial charge in [-0.15, -0.1) is 0 Å². The second-order valence-corrected chi connectivity index (χ2v) is 4.24. The summed E-state index contributed by atoms with van der Waals surface area (Å²) in [5.74, 6) is -0.0468. The summed E-state index contributed by atoms with van der Waals surface area (Å²) >= 11 is 0. The van der Waals surface area contributed by atoms with Crippen LogP contribution in [0.3, 0.4) is 0 Å². The van der Waals surface area contributed by atoms with Crippen molar-refractivity contribution >= 4 is 5.97 Å². The van der Waals surface area contributed by atoms with Crippen LogP contribution in [0.2, 0.25) is 0 Å². The fourth-order valence-electron chi connectivity index (χ4n) is 0.918. The molecule has 1 unspecified atom stereocenters. The van der Waals surface area contributed by atoms with Crippen LogP contribution in [-0.4, -0.2) is 11.1 Å². The maximum absolute atomic E-state index is 10.7. The first-order chi connectivity index (χ1) is 5.40. The Morgan fingerprint density at radius 2 is 2.00 bits per heavy atom. The molecule has 0 spiro atoms. The third-order valence-corrected chi connectivity index (χ3v) is 2.54. The van der Waals surface area contributed by atoms with Crippen molar-refractivity contribution in [3.8, 4) is 0 Å². The third-order valence-electron chi connectivity index (χ3n) is 2.54. The minimum Gasteiger partial charge on any atom is -0.481 e. The average molecular weight is 172 g/mol. The first kappa shape index (κ1) is 11.5. The van der Waals surface area contributed by atoms with Crippen LogP contribution in [0.4, 0.5) is 0 Å². The molecular formula is C10H20O2. The summed E-state index contributed by atoms with van der Waals surface area (Å²) in [5, 5.41) is 8.83. The molecule has 0 saturated heterocycles. The van der Waals surface area contributed by atoms with Gasteiger partial charge in [-0.2, -0.15) is 0 Å². The second kappa shape index (κ2) is 4.48. The van der Waals surface area contributed by atoms with E-state index < -0.39 is 11.4 Å². The van der Waals surface area contributed by atoms with E-state index in [0.29, 0.717) is 5.92 Å². The predicted octanol–water partition coefficient (Wildman–Crippen LogP) is 2.92. The summed E-state index contributed by atoms with van der Waals surface area (Å²) in [5.41, 5.74) is -0.552. The highest BCUT2D eigenvalue weighted by Crippen LogP contribution is 2.25. The zero-order valence-electron chi connectivity index (χ0n) is 8.55. The van der Waals surface area contributed by atoms with E-state index in [2.05, 4.69) is 13.8 Å². The van der Waals surface area contributed by atoms with Crippen molar-refractivity contribution in [3.05, 3.63) is 0 Å². The summed E-state index contributed by atoms with van der Waals surface area (Å²) < 4.78 is 0. The van der Waals surface area contributed by atoms with E-state index in [-0.39, 0.29) is 0 Å². The molecule has 0 radical (unpaired) electrons. The SMILES string of the molecule is CCC(C)CCC(C)(C)C(=O)O. The molecular weight excluding hydrogens is 152 g/mol. The number of carboxylic acids is 1. The van der Waals surface area contributed by atoms with Gasteiger partial charge in [-0.05, 0) is 32.6 Å². The number of hydrogen-bond acceptors (Lipinski definition) is 1. The maximum Gasteiger partial charge on any atom is 0.309 e. The predicted molar refractivity (Wildman–Crippen MR) is 50.1 cm³/mol. The Hall–Kier alpha value is -0.530. The molecule has 0 aliphatic heterocycles. The van der Waals surface area contributed by atoms with Gasteiger partial charge in [-0.3, -0.25) is 4.79 Å². The minimum absolute atomic E-state index is 0.552. The second-order valence-electron chi connectivity index (χ2n) is 4.24. The molecule has 2 nitrogen and oxygen atoms in total. The summed E-state index contributed by atoms with van der Waals surface area (Å²) in [6.07, 6.45) is 2.92. The van der Waals surface area contributed by atoms with Crippen molar-refractivity contribution < 1.29 is 9.90 Å². The lowest BCUT2D eigenvalue weighted by Gasteiger charge is -2.20. The highest BCUT2D eigenvalue weighted by Gasteiger charge is 2.26. The molecule has 0 aliphatic carbocycles. The monoisotopic (exact) mass is 172 g/mol. The molecule has 0 aliphatic rings. The Morgan fingerprint density at radius 1 is 1.50 bits per heavy atom. The quantitative estimate of drug-likeness (QED) is 0.692. The van der Waals surface area contributed by atoms with Gasteiger partial charge in [0.25, 0.3) is 0 Å². The molecule has 72 valence electrons. The van der Waals surface area contributed by atoms with E-state index in [1.165, 1.54) is 0 Å². The van der Waals surface area contributed by atoms with Crippen molar-refractivity contribution in [2.75, 3.05) is 0 Å². The number of hydrogen-bond donors (Lipinski definition) is 1. The number of carboxylic acid groups (broad SMARTS) is 1. The summed E-state index contributed by atoms with van der Waals surface area (Å²) in [6.45, 7) is 7.88. The van der Waals surface area contributed by atoms with Crippen LogP contribution in [0.1, 0.15) is 47.0 Å². The van der Waals surface area contributed by atoms with Gasteiger partial charge in [0.15, 0.2) is 0 Å². The molecule has 0 bridgehead atoms. The fraction of sp³-hybridized carbons (Fsp3) is 0.900. The summed E-state index contributed by atoms with van der Waals surface area (Å²) in [7, 11) is 0. The average Bonchev–Trinajstić information content (AvgIpc) is 2.00. The Kier molecular flexibility index (Phi) is 4.29. The molecule has 12 heavy (non-hydrogen) atoms. The largest absolute Gasteiger partial charge is 0.481 e. The van der Waals surface area contributed by atoms with Gasteiger partial charge < -0.3 is 5.11 Å². The molecule has 1 atom stereocenters. The van der Waals surface area contributed by atoms with Crippen molar-refractivity contribution in [2.24, 2.45) is 11.3 Å². The van der Waals surface area contributed by atoms with Crippen LogP contribution in [-0.2, 0) is 4.79 Å². The van der Waals surface area contributed by atoms with Crippen LogP contribution in [0.25, 0.3) is 0 Å². The molecule has 0 saturated carbocycles. The van der Waals surface area contributed by atoms with E-state index in [1.807, 2.05) is 0 Å². The van der Waals surface area contributed by atoms with Crippen molar-refractivity contribution in [1.82, 2.24) is 0 Å². The van der Waals surface area contributed by atoms with Gasteiger partial charge in [-0.1, -0.05) is 20.3 Å². The lowest BCUT2D eigenvalue weighted by Crippen LogP contribution is -2.24. The van der Waals surface area contributed by atoms with Gasteiger partial charge in [0.1, 0.15) is 0 Å². The maximum atomic E-state index is 10.7. The first-order valence-corrected chi connectivity index (χ1v) is 4.63. The molecule has 0 rings (SSSR count). The summed E-state index contributed by atoms with van der Waals surface area (Å²) in [4.78, 5) is 10.7. The van der Waals surface area contributed by atoms with E-state index in [0.717, 1.165) is 19.3 Å². The standard InChI is InChI=1S/C10H20O2/c1-5-8(2)6-7-10(3,4)9(11)12/h8H,5-7H2,1-4H3,(H,11,12). The molecule has 1 N–H and O–H groups in total. The Balaban J connectivity index is 3.83. The lowest BCUT2D eigenvalue weighted by atomic mass is 9.85. The molecule has 0 aromatic carbocycles. The Morgan fingerprint density at radius 3 is 2.33 bits per heavy atom. The fourth-order valence-corrected chi connectivity index (χ4v) is 0.918. The zero-order valence-corrected chi connectivity index (χ0v) is 8.55. The van der Waals surface area contributed by atoms with Crippen LogP contribution in [0, 0.1) is 11.3 Å². The van der Waals surface area contributed by atoms with Gasteiger partial charge in [0.05, 0.1) is 5.41 Å². The Bertz CT molecular complexity index is 150. The van der Waals surface area contributed by atoms with Crippen LogP contribution in [0.5, 0.6) is 0 Å². The van der Waals surface area contributed by atoms with Gasteiger partial charge >= 0.3 is 5.97 Å². The normalized spacial score (nSPS) is 14.3. The van der Waals surface area contributed by atoms with Gasteiger partial charge in [0, 0.05) is 0 Å². The van der Waals surface area contributed by atoms with E-state index in [4.69, 9.17) is 5.11 Å². The highest BCUT2D eigenvalue weighted by molar-refractivity contribution is 5.73. The molecule has 0 aromatic heterocycles. The molecule has 0 amide bonds. The van der Waals surface area contributed by atoms with E-state index >= 15 is 0 Å². The van der Waals surface area contributed by atoms with Crippen LogP contribution >= 0.6 is 0 Å². The van der Waals surface area contributed by atoms with Gasteiger partial charge in [0.2, 0.25) is 0 Å². The number of aliphatic carboxylic acids is 1. The summed E-state index contributed by atoms with van der Waals surface area (Å²) in [6, 6.07) is 0. The number of carbonyl (C=O) groups is 1. The van der Waals surface area contributed by atoms with Gasteiger partial charge in [-0.25, -0.2) is 0 Å². The molecule has 0 aromatic rings. The number of rotatable bonds is 5. The van der Waals surface area contributed by atoms with Crippen molar-refractivity contribution in [1.29, 1.82) is 0 Å². The Labute approximate surface area is 75.0 Å².